The van der Waals surface area contributed by atoms with Crippen LogP contribution in [0, 0.1) is 17.5 Å². The number of benzene rings is 2. The molecule has 0 unspecified atom stereocenters. The number of hydrogen-bond acceptors (Lipinski definition) is 3. The van der Waals surface area contributed by atoms with E-state index in [0.717, 1.165) is 17.7 Å². The van der Waals surface area contributed by atoms with Gasteiger partial charge in [-0.25, -0.2) is 13.2 Å². The number of nitrogens with one attached hydrogen (secondary N) is 2. The number of carbonyl (C=O) groups is 1. The molecular weight excluding hydrogens is 379 g/mol. The van der Waals surface area contributed by atoms with E-state index in [1.54, 1.807) is 24.3 Å². The third-order valence-corrected chi connectivity index (χ3v) is 4.08. The van der Waals surface area contributed by atoms with E-state index in [0.29, 0.717) is 5.02 Å². The van der Waals surface area contributed by atoms with Gasteiger partial charge >= 0.3 is 0 Å². The zero-order chi connectivity index (χ0) is 19.4. The van der Waals surface area contributed by atoms with Crippen LogP contribution in [0.1, 0.15) is 15.9 Å². The van der Waals surface area contributed by atoms with Gasteiger partial charge in [0.1, 0.15) is 0 Å². The van der Waals surface area contributed by atoms with E-state index in [-0.39, 0.29) is 23.5 Å². The molecule has 138 valence electrons. The molecule has 1 heterocycles. The minimum atomic E-state index is -1.58. The lowest BCUT2D eigenvalue weighted by atomic mass is 10.2. The van der Waals surface area contributed by atoms with Gasteiger partial charge in [-0.1, -0.05) is 29.8 Å². The Morgan fingerprint density at radius 3 is 2.59 bits per heavy atom. The van der Waals surface area contributed by atoms with E-state index in [9.17, 15) is 18.0 Å². The fourth-order valence-corrected chi connectivity index (χ4v) is 2.53. The summed E-state index contributed by atoms with van der Waals surface area (Å²) in [5.41, 5.74) is 0.920. The van der Waals surface area contributed by atoms with Gasteiger partial charge in [0.25, 0.3) is 5.91 Å². The van der Waals surface area contributed by atoms with Crippen molar-refractivity contribution in [3.05, 3.63) is 88.5 Å². The Kier molecular flexibility index (Phi) is 5.61. The first-order valence-electron chi connectivity index (χ1n) is 7.83. The van der Waals surface area contributed by atoms with Crippen molar-refractivity contribution in [2.24, 2.45) is 0 Å². The van der Waals surface area contributed by atoms with Crippen LogP contribution in [0.25, 0.3) is 0 Å². The molecule has 1 aromatic heterocycles. The lowest BCUT2D eigenvalue weighted by molar-refractivity contribution is 0.0950. The van der Waals surface area contributed by atoms with Gasteiger partial charge in [0.2, 0.25) is 0 Å². The predicted molar refractivity (Wildman–Crippen MR) is 96.5 cm³/mol. The maximum absolute atomic E-state index is 13.8. The van der Waals surface area contributed by atoms with Crippen molar-refractivity contribution in [3.63, 3.8) is 0 Å². The van der Waals surface area contributed by atoms with Gasteiger partial charge in [0.05, 0.1) is 23.1 Å². The van der Waals surface area contributed by atoms with Gasteiger partial charge < -0.3 is 10.6 Å². The quantitative estimate of drug-likeness (QED) is 0.613. The molecule has 0 aliphatic heterocycles. The van der Waals surface area contributed by atoms with Gasteiger partial charge in [-0.05, 0) is 29.8 Å². The summed E-state index contributed by atoms with van der Waals surface area (Å²) in [6.45, 7) is 0.216. The maximum Gasteiger partial charge on any atom is 0.253 e. The molecule has 3 rings (SSSR count). The first kappa shape index (κ1) is 18.7. The number of nitrogens with zero attached hydrogens (tertiary/aromatic N) is 1. The zero-order valence-corrected chi connectivity index (χ0v) is 14.5. The number of hydrogen-bond donors (Lipinski definition) is 2. The van der Waals surface area contributed by atoms with Crippen LogP contribution in [-0.2, 0) is 6.54 Å². The van der Waals surface area contributed by atoms with Crippen LogP contribution < -0.4 is 10.6 Å². The van der Waals surface area contributed by atoms with Crippen LogP contribution in [0.15, 0.2) is 54.9 Å². The second-order valence-electron chi connectivity index (χ2n) is 5.58. The minimum Gasteiger partial charge on any atom is -0.352 e. The minimum absolute atomic E-state index is 0.204. The van der Waals surface area contributed by atoms with Crippen LogP contribution in [-0.4, -0.2) is 10.9 Å². The fourth-order valence-electron chi connectivity index (χ4n) is 2.33. The molecule has 2 N–H and O–H groups in total. The largest absolute Gasteiger partial charge is 0.352 e. The topological polar surface area (TPSA) is 54.0 Å². The molecular formula is C19H13ClF3N3O. The number of anilines is 2. The van der Waals surface area contributed by atoms with Gasteiger partial charge in [0.15, 0.2) is 17.5 Å². The summed E-state index contributed by atoms with van der Waals surface area (Å²) in [5, 5.41) is 5.80. The molecule has 27 heavy (non-hydrogen) atoms. The van der Waals surface area contributed by atoms with Crippen LogP contribution in [0.5, 0.6) is 0 Å². The highest BCUT2D eigenvalue weighted by molar-refractivity contribution is 6.31. The Hall–Kier alpha value is -3.06. The summed E-state index contributed by atoms with van der Waals surface area (Å²) in [5.74, 6) is -4.65. The number of rotatable bonds is 5. The van der Waals surface area contributed by atoms with Gasteiger partial charge in [-0.3, -0.25) is 9.78 Å². The average Bonchev–Trinajstić information content (AvgIpc) is 2.68. The van der Waals surface area contributed by atoms with Gasteiger partial charge in [-0.2, -0.15) is 0 Å². The van der Waals surface area contributed by atoms with Crippen molar-refractivity contribution in [3.8, 4) is 0 Å². The number of carbonyl (C=O) groups excluding carboxylic acids is 1. The Bertz CT molecular complexity index is 998. The second kappa shape index (κ2) is 8.09. The molecule has 0 atom stereocenters. The molecule has 4 nitrogen and oxygen atoms in total. The molecule has 2 aromatic carbocycles. The molecule has 0 fully saturated rings. The molecule has 0 spiro atoms. The lowest BCUT2D eigenvalue weighted by Gasteiger charge is -2.10. The lowest BCUT2D eigenvalue weighted by Crippen LogP contribution is -2.23. The smallest absolute Gasteiger partial charge is 0.253 e. The van der Waals surface area contributed by atoms with Gasteiger partial charge in [-0.15, -0.1) is 0 Å². The predicted octanol–water partition coefficient (Wildman–Crippen LogP) is 4.83. The van der Waals surface area contributed by atoms with Crippen molar-refractivity contribution < 1.29 is 18.0 Å². The van der Waals surface area contributed by atoms with Crippen molar-refractivity contribution >= 4 is 28.9 Å². The molecule has 0 saturated carbocycles. The number of aromatic nitrogens is 1. The van der Waals surface area contributed by atoms with Crippen molar-refractivity contribution in [2.45, 2.75) is 6.54 Å². The summed E-state index contributed by atoms with van der Waals surface area (Å²) in [7, 11) is 0. The summed E-state index contributed by atoms with van der Waals surface area (Å²) in [6, 6.07) is 10.3. The standard InChI is InChI=1S/C19H13ClF3N3O/c20-14-4-2-1-3-11(14)9-25-19(27)12-7-13(10-24-8-12)26-16-6-5-15(21)17(22)18(16)23/h1-8,10,26H,9H2,(H,25,27). The van der Waals surface area contributed by atoms with E-state index in [1.807, 2.05) is 0 Å². The summed E-state index contributed by atoms with van der Waals surface area (Å²) in [6.07, 6.45) is 2.65. The Labute approximate surface area is 158 Å². The first-order chi connectivity index (χ1) is 13.0. The Morgan fingerprint density at radius 2 is 1.81 bits per heavy atom. The number of pyridine rings is 1. The van der Waals surface area contributed by atoms with Crippen LogP contribution >= 0.6 is 11.6 Å². The summed E-state index contributed by atoms with van der Waals surface area (Å²) < 4.78 is 40.1. The highest BCUT2D eigenvalue weighted by Gasteiger charge is 2.14. The number of halogens is 4. The molecule has 1 amide bonds. The fraction of sp³-hybridized carbons (Fsp3) is 0.0526. The Morgan fingerprint density at radius 1 is 1.04 bits per heavy atom. The van der Waals surface area contributed by atoms with Crippen molar-refractivity contribution in [1.29, 1.82) is 0 Å². The van der Waals surface area contributed by atoms with E-state index in [1.165, 1.54) is 18.5 Å². The van der Waals surface area contributed by atoms with Crippen LogP contribution in [0.2, 0.25) is 5.02 Å². The van der Waals surface area contributed by atoms with Crippen LogP contribution in [0.4, 0.5) is 24.5 Å². The number of amides is 1. The SMILES string of the molecule is O=C(NCc1ccccc1Cl)c1cncc(Nc2ccc(F)c(F)c2F)c1. The molecule has 0 saturated heterocycles. The van der Waals surface area contributed by atoms with E-state index in [4.69, 9.17) is 11.6 Å². The van der Waals surface area contributed by atoms with Crippen molar-refractivity contribution in [2.75, 3.05) is 5.32 Å². The normalized spacial score (nSPS) is 10.5. The van der Waals surface area contributed by atoms with Crippen LogP contribution in [0.3, 0.4) is 0 Å². The molecule has 3 aromatic rings. The summed E-state index contributed by atoms with van der Waals surface area (Å²) in [4.78, 5) is 16.2. The second-order valence-corrected chi connectivity index (χ2v) is 5.99. The highest BCUT2D eigenvalue weighted by atomic mass is 35.5. The van der Waals surface area contributed by atoms with E-state index >= 15 is 0 Å². The molecule has 0 aliphatic rings. The first-order valence-corrected chi connectivity index (χ1v) is 8.20. The third-order valence-electron chi connectivity index (χ3n) is 3.71. The van der Waals surface area contributed by atoms with Gasteiger partial charge in [0, 0.05) is 17.8 Å². The molecule has 0 bridgehead atoms. The Balaban J connectivity index is 1.73. The third kappa shape index (κ3) is 4.38. The molecule has 8 heteroatoms. The monoisotopic (exact) mass is 391 g/mol. The van der Waals surface area contributed by atoms with E-state index in [2.05, 4.69) is 15.6 Å². The summed E-state index contributed by atoms with van der Waals surface area (Å²) >= 11 is 6.04. The van der Waals surface area contributed by atoms with Crippen molar-refractivity contribution in [1.82, 2.24) is 10.3 Å². The molecule has 0 aliphatic carbocycles. The molecule has 0 radical (unpaired) electrons. The maximum atomic E-state index is 13.8. The average molecular weight is 392 g/mol. The zero-order valence-electron chi connectivity index (χ0n) is 13.8. The van der Waals surface area contributed by atoms with E-state index < -0.39 is 23.4 Å². The highest BCUT2D eigenvalue weighted by Crippen LogP contribution is 2.23.